The minimum atomic E-state index is -0.240. The summed E-state index contributed by atoms with van der Waals surface area (Å²) in [7, 11) is 1.59. The third-order valence-corrected chi connectivity index (χ3v) is 3.32. The third-order valence-electron chi connectivity index (χ3n) is 3.32. The van der Waals surface area contributed by atoms with Crippen LogP contribution >= 0.6 is 0 Å². The van der Waals surface area contributed by atoms with Crippen LogP contribution in [0.2, 0.25) is 0 Å². The number of hydrogen-bond acceptors (Lipinski definition) is 4. The largest absolute Gasteiger partial charge is 0.493 e. The minimum absolute atomic E-state index is 0.0619. The molecular weight excluding hydrogens is 304 g/mol. The summed E-state index contributed by atoms with van der Waals surface area (Å²) in [6, 6.07) is 12.8. The zero-order chi connectivity index (χ0) is 17.5. The molecule has 2 aromatic carbocycles. The standard InChI is InChI=1S/C19H22N2O3/c1-13(2)24-17-10-9-15(11-18(17)23-4)12-20-21-19(22)16-8-6-5-7-14(16)3/h5-13H,1-4H3,(H,21,22)/b20-12-. The van der Waals surface area contributed by atoms with Crippen LogP contribution in [0.5, 0.6) is 11.5 Å². The monoisotopic (exact) mass is 326 g/mol. The fraction of sp³-hybridized carbons (Fsp3) is 0.263. The van der Waals surface area contributed by atoms with Gasteiger partial charge < -0.3 is 9.47 Å². The Morgan fingerprint density at radius 3 is 2.58 bits per heavy atom. The fourth-order valence-corrected chi connectivity index (χ4v) is 2.17. The molecule has 1 N–H and O–H groups in total. The Hall–Kier alpha value is -2.82. The van der Waals surface area contributed by atoms with Crippen LogP contribution < -0.4 is 14.9 Å². The van der Waals surface area contributed by atoms with E-state index in [0.29, 0.717) is 17.1 Å². The van der Waals surface area contributed by atoms with Crippen molar-refractivity contribution in [2.24, 2.45) is 5.10 Å². The van der Waals surface area contributed by atoms with Crippen LogP contribution in [0, 0.1) is 6.92 Å². The molecule has 24 heavy (non-hydrogen) atoms. The lowest BCUT2D eigenvalue weighted by Gasteiger charge is -2.13. The Bertz CT molecular complexity index is 739. The Morgan fingerprint density at radius 1 is 1.17 bits per heavy atom. The Labute approximate surface area is 142 Å². The van der Waals surface area contributed by atoms with Gasteiger partial charge in [-0.3, -0.25) is 4.79 Å². The lowest BCUT2D eigenvalue weighted by Crippen LogP contribution is -2.18. The maximum Gasteiger partial charge on any atom is 0.271 e. The number of aryl methyl sites for hydroxylation is 1. The van der Waals surface area contributed by atoms with Crippen molar-refractivity contribution >= 4 is 12.1 Å². The summed E-state index contributed by atoms with van der Waals surface area (Å²) in [6.07, 6.45) is 1.63. The van der Waals surface area contributed by atoms with E-state index in [1.807, 2.05) is 51.1 Å². The molecule has 0 saturated heterocycles. The van der Waals surface area contributed by atoms with Gasteiger partial charge in [0.25, 0.3) is 5.91 Å². The molecule has 0 saturated carbocycles. The quantitative estimate of drug-likeness (QED) is 0.652. The lowest BCUT2D eigenvalue weighted by molar-refractivity contribution is 0.0954. The second kappa shape index (κ2) is 8.15. The molecule has 0 unspecified atom stereocenters. The molecule has 0 radical (unpaired) electrons. The number of nitrogens with one attached hydrogen (secondary N) is 1. The summed E-state index contributed by atoms with van der Waals surface area (Å²) in [5.41, 5.74) is 4.84. The van der Waals surface area contributed by atoms with Crippen molar-refractivity contribution in [3.05, 3.63) is 59.2 Å². The van der Waals surface area contributed by atoms with Gasteiger partial charge in [-0.25, -0.2) is 5.43 Å². The zero-order valence-electron chi connectivity index (χ0n) is 14.4. The third kappa shape index (κ3) is 4.59. The highest BCUT2D eigenvalue weighted by Crippen LogP contribution is 2.28. The average molecular weight is 326 g/mol. The summed E-state index contributed by atoms with van der Waals surface area (Å²) in [4.78, 5) is 12.1. The number of nitrogens with zero attached hydrogens (tertiary/aromatic N) is 1. The highest BCUT2D eigenvalue weighted by molar-refractivity contribution is 5.96. The minimum Gasteiger partial charge on any atom is -0.493 e. The van der Waals surface area contributed by atoms with Crippen LogP contribution in [-0.2, 0) is 0 Å². The van der Waals surface area contributed by atoms with E-state index in [0.717, 1.165) is 11.1 Å². The predicted octanol–water partition coefficient (Wildman–Crippen LogP) is 3.55. The van der Waals surface area contributed by atoms with Crippen molar-refractivity contribution < 1.29 is 14.3 Å². The molecule has 0 spiro atoms. The molecule has 0 atom stereocenters. The van der Waals surface area contributed by atoms with E-state index in [1.54, 1.807) is 25.5 Å². The SMILES string of the molecule is COc1cc(/C=N\NC(=O)c2ccccc2C)ccc1OC(C)C. The molecule has 0 aliphatic carbocycles. The summed E-state index contributed by atoms with van der Waals surface area (Å²) >= 11 is 0. The van der Waals surface area contributed by atoms with Crippen molar-refractivity contribution in [3.63, 3.8) is 0 Å². The van der Waals surface area contributed by atoms with E-state index in [9.17, 15) is 4.79 Å². The van der Waals surface area contributed by atoms with Gasteiger partial charge in [-0.15, -0.1) is 0 Å². The average Bonchev–Trinajstić information content (AvgIpc) is 2.56. The van der Waals surface area contributed by atoms with Crippen LogP contribution in [0.3, 0.4) is 0 Å². The molecule has 0 aromatic heterocycles. The van der Waals surface area contributed by atoms with Gasteiger partial charge in [-0.1, -0.05) is 18.2 Å². The molecule has 0 heterocycles. The van der Waals surface area contributed by atoms with Crippen LogP contribution in [-0.4, -0.2) is 25.3 Å². The van der Waals surface area contributed by atoms with Crippen molar-refractivity contribution in [1.82, 2.24) is 5.43 Å². The first-order valence-corrected chi connectivity index (χ1v) is 7.75. The smallest absolute Gasteiger partial charge is 0.271 e. The van der Waals surface area contributed by atoms with Crippen LogP contribution in [0.4, 0.5) is 0 Å². The normalized spacial score (nSPS) is 10.9. The van der Waals surface area contributed by atoms with Gasteiger partial charge in [0.2, 0.25) is 0 Å². The van der Waals surface area contributed by atoms with Crippen LogP contribution in [0.25, 0.3) is 0 Å². The first-order valence-electron chi connectivity index (χ1n) is 7.75. The molecule has 5 nitrogen and oxygen atoms in total. The molecule has 0 aliphatic rings. The van der Waals surface area contributed by atoms with Gasteiger partial charge in [-0.05, 0) is 56.2 Å². The summed E-state index contributed by atoms with van der Waals surface area (Å²) in [6.45, 7) is 5.79. The van der Waals surface area contributed by atoms with Crippen LogP contribution in [0.15, 0.2) is 47.6 Å². The number of amides is 1. The van der Waals surface area contributed by atoms with Gasteiger partial charge in [0.15, 0.2) is 11.5 Å². The first kappa shape index (κ1) is 17.5. The Morgan fingerprint density at radius 2 is 1.92 bits per heavy atom. The summed E-state index contributed by atoms with van der Waals surface area (Å²) < 4.78 is 11.0. The molecule has 2 aromatic rings. The number of carbonyl (C=O) groups excluding carboxylic acids is 1. The molecule has 0 fully saturated rings. The highest BCUT2D eigenvalue weighted by atomic mass is 16.5. The fourth-order valence-electron chi connectivity index (χ4n) is 2.17. The molecule has 5 heteroatoms. The molecule has 126 valence electrons. The number of rotatable bonds is 6. The Balaban J connectivity index is 2.06. The molecule has 1 amide bonds. The summed E-state index contributed by atoms with van der Waals surface area (Å²) in [5, 5.41) is 4.00. The number of carbonyl (C=O) groups is 1. The number of hydrogen-bond donors (Lipinski definition) is 1. The first-order chi connectivity index (χ1) is 11.5. The Kier molecular flexibility index (Phi) is 5.95. The van der Waals surface area contributed by atoms with E-state index in [2.05, 4.69) is 10.5 Å². The van der Waals surface area contributed by atoms with E-state index in [-0.39, 0.29) is 12.0 Å². The zero-order valence-corrected chi connectivity index (χ0v) is 14.4. The van der Waals surface area contributed by atoms with E-state index >= 15 is 0 Å². The predicted molar refractivity (Wildman–Crippen MR) is 95.0 cm³/mol. The van der Waals surface area contributed by atoms with Gasteiger partial charge in [0.1, 0.15) is 0 Å². The van der Waals surface area contributed by atoms with Crippen molar-refractivity contribution in [2.45, 2.75) is 26.9 Å². The number of hydrazone groups is 1. The maximum atomic E-state index is 12.1. The molecule has 0 bridgehead atoms. The van der Waals surface area contributed by atoms with Gasteiger partial charge in [0.05, 0.1) is 19.4 Å². The van der Waals surface area contributed by atoms with Crippen molar-refractivity contribution in [1.29, 1.82) is 0 Å². The topological polar surface area (TPSA) is 59.9 Å². The maximum absolute atomic E-state index is 12.1. The summed E-state index contributed by atoms with van der Waals surface area (Å²) in [5.74, 6) is 1.06. The number of ether oxygens (including phenoxy) is 2. The van der Waals surface area contributed by atoms with Gasteiger partial charge in [-0.2, -0.15) is 5.10 Å². The second-order valence-electron chi connectivity index (χ2n) is 5.59. The highest BCUT2D eigenvalue weighted by Gasteiger charge is 2.08. The molecule has 2 rings (SSSR count). The van der Waals surface area contributed by atoms with E-state index in [1.165, 1.54) is 0 Å². The van der Waals surface area contributed by atoms with Gasteiger partial charge in [0, 0.05) is 5.56 Å². The van der Waals surface area contributed by atoms with E-state index in [4.69, 9.17) is 9.47 Å². The lowest BCUT2D eigenvalue weighted by atomic mass is 10.1. The number of methoxy groups -OCH3 is 1. The van der Waals surface area contributed by atoms with Crippen LogP contribution in [0.1, 0.15) is 35.3 Å². The van der Waals surface area contributed by atoms with Gasteiger partial charge >= 0.3 is 0 Å². The second-order valence-corrected chi connectivity index (χ2v) is 5.59. The van der Waals surface area contributed by atoms with E-state index < -0.39 is 0 Å². The molecule has 0 aliphatic heterocycles. The van der Waals surface area contributed by atoms with Crippen molar-refractivity contribution in [3.8, 4) is 11.5 Å². The van der Waals surface area contributed by atoms with Crippen molar-refractivity contribution in [2.75, 3.05) is 7.11 Å². The number of benzene rings is 2. The molecular formula is C19H22N2O3.